The predicted molar refractivity (Wildman–Crippen MR) is 111 cm³/mol. The lowest BCUT2D eigenvalue weighted by molar-refractivity contribution is -0.122. The summed E-state index contributed by atoms with van der Waals surface area (Å²) in [5.41, 5.74) is 3.45. The van der Waals surface area contributed by atoms with Gasteiger partial charge in [-0.05, 0) is 43.7 Å². The summed E-state index contributed by atoms with van der Waals surface area (Å²) in [6, 6.07) is 8.62. The quantitative estimate of drug-likeness (QED) is 0.713. The highest BCUT2D eigenvalue weighted by molar-refractivity contribution is 7.92. The molecule has 9 heteroatoms. The van der Waals surface area contributed by atoms with E-state index in [1.807, 2.05) is 13.0 Å². The van der Waals surface area contributed by atoms with Crippen LogP contribution in [0.5, 0.6) is 5.88 Å². The first-order valence-electron chi connectivity index (χ1n) is 9.31. The van der Waals surface area contributed by atoms with Crippen molar-refractivity contribution in [2.75, 3.05) is 31.5 Å². The maximum Gasteiger partial charge on any atom is 0.290 e. The average molecular weight is 422 g/mol. The molecule has 2 heterocycles. The van der Waals surface area contributed by atoms with Crippen LogP contribution in [0.4, 0.5) is 5.69 Å². The number of rotatable bonds is 5. The average Bonchev–Trinajstić information content (AvgIpc) is 2.89. The van der Waals surface area contributed by atoms with Gasteiger partial charge in [0.15, 0.2) is 0 Å². The van der Waals surface area contributed by atoms with Gasteiger partial charge in [-0.1, -0.05) is 24.6 Å². The van der Waals surface area contributed by atoms with Gasteiger partial charge < -0.3 is 14.7 Å². The third-order valence-corrected chi connectivity index (χ3v) is 6.12. The van der Waals surface area contributed by atoms with Gasteiger partial charge in [0.05, 0.1) is 12.0 Å². The first-order valence-corrected chi connectivity index (χ1v) is 10.8. The molecule has 0 spiro atoms. The summed E-state index contributed by atoms with van der Waals surface area (Å²) in [6.45, 7) is 6.71. The summed E-state index contributed by atoms with van der Waals surface area (Å²) in [4.78, 5) is 15.5. The van der Waals surface area contributed by atoms with Crippen molar-refractivity contribution in [2.24, 2.45) is 0 Å². The van der Waals surface area contributed by atoms with Gasteiger partial charge in [-0.25, -0.2) is 13.4 Å². The lowest BCUT2D eigenvalue weighted by Gasteiger charge is -2.15. The van der Waals surface area contributed by atoms with Crippen LogP contribution in [0, 0.1) is 6.92 Å². The molecule has 0 aliphatic carbocycles. The van der Waals surface area contributed by atoms with E-state index in [9.17, 15) is 8.42 Å². The second-order valence-corrected chi connectivity index (χ2v) is 8.29. The molecule has 8 nitrogen and oxygen atoms in total. The van der Waals surface area contributed by atoms with E-state index in [0.29, 0.717) is 11.6 Å². The maximum atomic E-state index is 12.7. The summed E-state index contributed by atoms with van der Waals surface area (Å²) in [7, 11) is -2.19. The molecule has 0 saturated carbocycles. The molecule has 158 valence electrons. The van der Waals surface area contributed by atoms with E-state index in [1.165, 1.54) is 7.11 Å². The van der Waals surface area contributed by atoms with Crippen LogP contribution >= 0.6 is 0 Å². The Morgan fingerprint density at radius 3 is 2.45 bits per heavy atom. The Labute approximate surface area is 171 Å². The number of carboxylic acid groups (broad SMARTS) is 1. The number of ether oxygens (including phenoxy) is 1. The number of benzene rings is 1. The van der Waals surface area contributed by atoms with E-state index in [1.54, 1.807) is 24.3 Å². The zero-order chi connectivity index (χ0) is 21.4. The molecule has 1 aliphatic heterocycles. The molecule has 0 fully saturated rings. The summed E-state index contributed by atoms with van der Waals surface area (Å²) < 4.78 is 33.4. The van der Waals surface area contributed by atoms with Crippen molar-refractivity contribution in [3.63, 3.8) is 0 Å². The van der Waals surface area contributed by atoms with Gasteiger partial charge in [-0.3, -0.25) is 9.52 Å². The third-order valence-electron chi connectivity index (χ3n) is 4.73. The molecular formula is C20H27N3O5S. The smallest absolute Gasteiger partial charge is 0.290 e. The highest BCUT2D eigenvalue weighted by Crippen LogP contribution is 2.29. The van der Waals surface area contributed by atoms with Gasteiger partial charge in [0.2, 0.25) is 5.88 Å². The number of pyridine rings is 1. The lowest BCUT2D eigenvalue weighted by Crippen LogP contribution is -2.25. The minimum Gasteiger partial charge on any atom is -0.483 e. The van der Waals surface area contributed by atoms with Gasteiger partial charge in [-0.2, -0.15) is 0 Å². The molecule has 2 N–H and O–H groups in total. The second kappa shape index (κ2) is 10.2. The van der Waals surface area contributed by atoms with Gasteiger partial charge in [-0.15, -0.1) is 0 Å². The topological polar surface area (TPSA) is 109 Å². The van der Waals surface area contributed by atoms with Crippen LogP contribution < -0.4 is 9.46 Å². The number of sulfonamides is 1. The van der Waals surface area contributed by atoms with Crippen LogP contribution in [0.3, 0.4) is 0 Å². The number of nitrogens with one attached hydrogen (secondary N) is 1. The molecule has 29 heavy (non-hydrogen) atoms. The molecule has 0 bridgehead atoms. The van der Waals surface area contributed by atoms with Gasteiger partial charge in [0.1, 0.15) is 5.69 Å². The standard InChI is InChI=1S/C19H25N3O3S.CH2O2/c1-4-22-11-9-15-13-18(19(25-3)20-17(15)10-12-22)21-26(23,24)16-7-5-14(2)6-8-16;2-1-3/h5-8,13,21H,4,9-12H2,1-3H3;1H,(H,2,3). The van der Waals surface area contributed by atoms with Crippen molar-refractivity contribution in [3.8, 4) is 5.88 Å². The van der Waals surface area contributed by atoms with Crippen molar-refractivity contribution in [1.82, 2.24) is 9.88 Å². The second-order valence-electron chi connectivity index (χ2n) is 6.61. The van der Waals surface area contributed by atoms with Gasteiger partial charge in [0, 0.05) is 25.2 Å². The zero-order valence-corrected chi connectivity index (χ0v) is 17.7. The Morgan fingerprint density at radius 1 is 1.24 bits per heavy atom. The zero-order valence-electron chi connectivity index (χ0n) is 16.9. The lowest BCUT2D eigenvalue weighted by atomic mass is 10.1. The molecule has 0 unspecified atom stereocenters. The summed E-state index contributed by atoms with van der Waals surface area (Å²) in [5.74, 6) is 0.310. The number of hydrogen-bond donors (Lipinski definition) is 2. The van der Waals surface area contributed by atoms with E-state index in [0.717, 1.165) is 49.3 Å². The largest absolute Gasteiger partial charge is 0.483 e. The van der Waals surface area contributed by atoms with E-state index in [-0.39, 0.29) is 11.4 Å². The Hall–Kier alpha value is -2.65. The van der Waals surface area contributed by atoms with Crippen molar-refractivity contribution in [3.05, 3.63) is 47.2 Å². The van der Waals surface area contributed by atoms with Gasteiger partial charge >= 0.3 is 0 Å². The normalized spacial score (nSPS) is 14.0. The van der Waals surface area contributed by atoms with Crippen LogP contribution in [0.15, 0.2) is 35.2 Å². The van der Waals surface area contributed by atoms with Gasteiger partial charge in [0.25, 0.3) is 16.5 Å². The van der Waals surface area contributed by atoms with Crippen LogP contribution in [0.1, 0.15) is 23.7 Å². The van der Waals surface area contributed by atoms with Crippen molar-refractivity contribution >= 4 is 22.2 Å². The predicted octanol–water partition coefficient (Wildman–Crippen LogP) is 2.32. The SMILES string of the molecule is CCN1CCc2cc(NS(=O)(=O)c3ccc(C)cc3)c(OC)nc2CC1.O=CO. The molecule has 0 radical (unpaired) electrons. The molecule has 1 aliphatic rings. The summed E-state index contributed by atoms with van der Waals surface area (Å²) in [6.07, 6.45) is 1.68. The minimum absolute atomic E-state index is 0.220. The first-order chi connectivity index (χ1) is 13.8. The number of aryl methyl sites for hydroxylation is 1. The van der Waals surface area contributed by atoms with Crippen molar-refractivity contribution < 1.29 is 23.1 Å². The van der Waals surface area contributed by atoms with E-state index < -0.39 is 10.0 Å². The van der Waals surface area contributed by atoms with Crippen LogP contribution in [-0.4, -0.2) is 56.6 Å². The fourth-order valence-corrected chi connectivity index (χ4v) is 4.18. The van der Waals surface area contributed by atoms with Crippen LogP contribution in [0.2, 0.25) is 0 Å². The van der Waals surface area contributed by atoms with E-state index in [4.69, 9.17) is 14.6 Å². The minimum atomic E-state index is -3.69. The highest BCUT2D eigenvalue weighted by atomic mass is 32.2. The summed E-state index contributed by atoms with van der Waals surface area (Å²) >= 11 is 0. The van der Waals surface area contributed by atoms with Crippen LogP contribution in [-0.2, 0) is 27.7 Å². The summed E-state index contributed by atoms with van der Waals surface area (Å²) in [5, 5.41) is 6.89. The molecule has 2 aromatic rings. The van der Waals surface area contributed by atoms with Crippen molar-refractivity contribution in [2.45, 2.75) is 31.6 Å². The maximum absolute atomic E-state index is 12.7. The Balaban J connectivity index is 0.000000941. The van der Waals surface area contributed by atoms with Crippen molar-refractivity contribution in [1.29, 1.82) is 0 Å². The van der Waals surface area contributed by atoms with Crippen LogP contribution in [0.25, 0.3) is 0 Å². The third kappa shape index (κ3) is 5.91. The first kappa shape index (κ1) is 22.6. The Morgan fingerprint density at radius 2 is 1.86 bits per heavy atom. The molecular weight excluding hydrogens is 394 g/mol. The number of carbonyl (C=O) groups is 1. The number of anilines is 1. The Kier molecular flexibility index (Phi) is 7.98. The number of likely N-dealkylation sites (N-methyl/N-ethyl adjacent to an activating group) is 1. The molecule has 1 aromatic heterocycles. The number of methoxy groups -OCH3 is 1. The fraction of sp³-hybridized carbons (Fsp3) is 0.400. The Bertz CT molecular complexity index is 930. The molecule has 1 aromatic carbocycles. The molecule has 0 atom stereocenters. The molecule has 0 saturated heterocycles. The molecule has 3 rings (SSSR count). The number of nitrogens with zero attached hydrogens (tertiary/aromatic N) is 2. The molecule has 0 amide bonds. The number of aromatic nitrogens is 1. The highest BCUT2D eigenvalue weighted by Gasteiger charge is 2.21. The monoisotopic (exact) mass is 421 g/mol. The van der Waals surface area contributed by atoms with E-state index >= 15 is 0 Å². The van der Waals surface area contributed by atoms with E-state index in [2.05, 4.69) is 21.5 Å². The fourth-order valence-electron chi connectivity index (χ4n) is 3.13. The number of fused-ring (bicyclic) bond motifs is 1. The number of hydrogen-bond acceptors (Lipinski definition) is 6.